The minimum absolute atomic E-state index is 0.349. The van der Waals surface area contributed by atoms with Gasteiger partial charge in [0.05, 0.1) is 0 Å². The summed E-state index contributed by atoms with van der Waals surface area (Å²) in [4.78, 5) is 2.56. The summed E-state index contributed by atoms with van der Waals surface area (Å²) in [6.45, 7) is 8.09. The van der Waals surface area contributed by atoms with Gasteiger partial charge in [0.1, 0.15) is 0 Å². The van der Waals surface area contributed by atoms with E-state index < -0.39 is 0 Å². The highest BCUT2D eigenvalue weighted by Crippen LogP contribution is 2.33. The molecule has 20 heavy (non-hydrogen) atoms. The van der Waals surface area contributed by atoms with Gasteiger partial charge in [-0.05, 0) is 31.0 Å². The number of piperazine rings is 1. The Morgan fingerprint density at radius 1 is 1.30 bits per heavy atom. The standard InChI is InChI=1S/C16H24N2O2/c1-3-4-14-10-18(12(2)8-17-14)9-13-5-6-15-16(7-13)20-11-19-15/h5-7,12,14,17H,3-4,8-11H2,1-2H3. The van der Waals surface area contributed by atoms with Crippen molar-refractivity contribution in [3.63, 3.8) is 0 Å². The molecule has 3 rings (SSSR count). The first-order chi connectivity index (χ1) is 9.76. The van der Waals surface area contributed by atoms with E-state index in [2.05, 4.69) is 36.2 Å². The van der Waals surface area contributed by atoms with Crippen molar-refractivity contribution in [1.29, 1.82) is 0 Å². The maximum Gasteiger partial charge on any atom is 0.231 e. The van der Waals surface area contributed by atoms with Crippen molar-refractivity contribution in [3.05, 3.63) is 23.8 Å². The number of nitrogens with zero attached hydrogens (tertiary/aromatic N) is 1. The molecule has 1 saturated heterocycles. The Balaban J connectivity index is 1.66. The lowest BCUT2D eigenvalue weighted by molar-refractivity contribution is 0.129. The number of ether oxygens (including phenoxy) is 2. The Labute approximate surface area is 121 Å². The third-order valence-electron chi connectivity index (χ3n) is 4.24. The van der Waals surface area contributed by atoms with Crippen molar-refractivity contribution in [2.24, 2.45) is 0 Å². The lowest BCUT2D eigenvalue weighted by atomic mass is 10.0. The topological polar surface area (TPSA) is 33.7 Å². The highest BCUT2D eigenvalue weighted by atomic mass is 16.7. The predicted octanol–water partition coefficient (Wildman–Crippen LogP) is 2.38. The van der Waals surface area contributed by atoms with E-state index in [9.17, 15) is 0 Å². The Kier molecular flexibility index (Phi) is 4.13. The minimum Gasteiger partial charge on any atom is -0.454 e. The highest BCUT2D eigenvalue weighted by Gasteiger charge is 2.24. The molecule has 2 atom stereocenters. The molecule has 0 amide bonds. The van der Waals surface area contributed by atoms with Crippen molar-refractivity contribution in [1.82, 2.24) is 10.2 Å². The van der Waals surface area contributed by atoms with Crippen LogP contribution in [0.5, 0.6) is 11.5 Å². The maximum atomic E-state index is 5.46. The highest BCUT2D eigenvalue weighted by molar-refractivity contribution is 5.44. The third kappa shape index (κ3) is 2.91. The summed E-state index contributed by atoms with van der Waals surface area (Å²) in [5.74, 6) is 1.75. The summed E-state index contributed by atoms with van der Waals surface area (Å²) in [5.41, 5.74) is 1.30. The summed E-state index contributed by atoms with van der Waals surface area (Å²) in [6.07, 6.45) is 2.49. The molecule has 4 nitrogen and oxygen atoms in total. The van der Waals surface area contributed by atoms with E-state index in [1.165, 1.54) is 18.4 Å². The van der Waals surface area contributed by atoms with Gasteiger partial charge in [-0.25, -0.2) is 0 Å². The zero-order valence-electron chi connectivity index (χ0n) is 12.4. The van der Waals surface area contributed by atoms with Gasteiger partial charge in [-0.1, -0.05) is 19.4 Å². The van der Waals surface area contributed by atoms with Crippen LogP contribution in [0.15, 0.2) is 18.2 Å². The molecule has 4 heteroatoms. The molecule has 1 aromatic rings. The molecular formula is C16H24N2O2. The maximum absolute atomic E-state index is 5.46. The zero-order valence-corrected chi connectivity index (χ0v) is 12.4. The fraction of sp³-hybridized carbons (Fsp3) is 0.625. The van der Waals surface area contributed by atoms with Crippen LogP contribution >= 0.6 is 0 Å². The van der Waals surface area contributed by atoms with Gasteiger partial charge in [0, 0.05) is 31.7 Å². The van der Waals surface area contributed by atoms with Gasteiger partial charge < -0.3 is 14.8 Å². The average Bonchev–Trinajstić information content (AvgIpc) is 2.90. The van der Waals surface area contributed by atoms with Gasteiger partial charge in [0.15, 0.2) is 11.5 Å². The molecule has 1 N–H and O–H groups in total. The summed E-state index contributed by atoms with van der Waals surface area (Å²) in [5, 5.41) is 3.64. The molecule has 2 unspecified atom stereocenters. The van der Waals surface area contributed by atoms with Crippen LogP contribution in [-0.4, -0.2) is 36.9 Å². The fourth-order valence-electron chi connectivity index (χ4n) is 3.03. The summed E-state index contributed by atoms with van der Waals surface area (Å²) in [6, 6.07) is 7.50. The quantitative estimate of drug-likeness (QED) is 0.915. The molecule has 0 spiro atoms. The molecular weight excluding hydrogens is 252 g/mol. The lowest BCUT2D eigenvalue weighted by Crippen LogP contribution is -2.54. The second-order valence-corrected chi connectivity index (χ2v) is 5.86. The van der Waals surface area contributed by atoms with Gasteiger partial charge in [-0.15, -0.1) is 0 Å². The van der Waals surface area contributed by atoms with Crippen LogP contribution in [0, 0.1) is 0 Å². The number of fused-ring (bicyclic) bond motifs is 1. The summed E-state index contributed by atoms with van der Waals surface area (Å²) >= 11 is 0. The third-order valence-corrected chi connectivity index (χ3v) is 4.24. The smallest absolute Gasteiger partial charge is 0.231 e. The molecule has 1 aromatic carbocycles. The van der Waals surface area contributed by atoms with Gasteiger partial charge in [-0.2, -0.15) is 0 Å². The fourth-order valence-corrected chi connectivity index (χ4v) is 3.03. The van der Waals surface area contributed by atoms with Gasteiger partial charge >= 0.3 is 0 Å². The van der Waals surface area contributed by atoms with Crippen LogP contribution in [0.4, 0.5) is 0 Å². The predicted molar refractivity (Wildman–Crippen MR) is 79.1 cm³/mol. The number of nitrogens with one attached hydrogen (secondary N) is 1. The van der Waals surface area contributed by atoms with E-state index in [0.717, 1.165) is 31.1 Å². The molecule has 0 aliphatic carbocycles. The SMILES string of the molecule is CCCC1CN(Cc2ccc3c(c2)OCO3)C(C)CN1. The van der Waals surface area contributed by atoms with E-state index in [4.69, 9.17) is 9.47 Å². The molecule has 2 aliphatic rings. The van der Waals surface area contributed by atoms with E-state index in [1.54, 1.807) is 0 Å². The molecule has 0 bridgehead atoms. The molecule has 0 aromatic heterocycles. The molecule has 2 heterocycles. The van der Waals surface area contributed by atoms with Gasteiger partial charge in [0.25, 0.3) is 0 Å². The first-order valence-electron chi connectivity index (χ1n) is 7.62. The van der Waals surface area contributed by atoms with Crippen LogP contribution in [0.2, 0.25) is 0 Å². The number of hydrogen-bond acceptors (Lipinski definition) is 4. The molecule has 1 fully saturated rings. The summed E-state index contributed by atoms with van der Waals surface area (Å²) < 4.78 is 10.8. The largest absolute Gasteiger partial charge is 0.454 e. The van der Waals surface area contributed by atoms with Gasteiger partial charge in [-0.3, -0.25) is 4.90 Å². The van der Waals surface area contributed by atoms with Gasteiger partial charge in [0.2, 0.25) is 6.79 Å². The molecule has 110 valence electrons. The van der Waals surface area contributed by atoms with Crippen LogP contribution in [0.25, 0.3) is 0 Å². The van der Waals surface area contributed by atoms with Crippen LogP contribution in [0.3, 0.4) is 0 Å². The van der Waals surface area contributed by atoms with Crippen molar-refractivity contribution in [2.75, 3.05) is 19.9 Å². The van der Waals surface area contributed by atoms with Crippen LogP contribution < -0.4 is 14.8 Å². The first-order valence-corrected chi connectivity index (χ1v) is 7.62. The van der Waals surface area contributed by atoms with Crippen LogP contribution in [-0.2, 0) is 6.54 Å². The Hall–Kier alpha value is -1.26. The van der Waals surface area contributed by atoms with E-state index >= 15 is 0 Å². The van der Waals surface area contributed by atoms with E-state index in [-0.39, 0.29) is 0 Å². The second-order valence-electron chi connectivity index (χ2n) is 5.86. The number of rotatable bonds is 4. The minimum atomic E-state index is 0.349. The molecule has 0 saturated carbocycles. The second kappa shape index (κ2) is 6.02. The Bertz CT molecular complexity index is 464. The lowest BCUT2D eigenvalue weighted by Gasteiger charge is -2.39. The summed E-state index contributed by atoms with van der Waals surface area (Å²) in [7, 11) is 0. The van der Waals surface area contributed by atoms with Crippen LogP contribution in [0.1, 0.15) is 32.3 Å². The van der Waals surface area contributed by atoms with E-state index in [0.29, 0.717) is 18.9 Å². The molecule has 2 aliphatic heterocycles. The van der Waals surface area contributed by atoms with Crippen molar-refractivity contribution < 1.29 is 9.47 Å². The van der Waals surface area contributed by atoms with Crippen molar-refractivity contribution in [3.8, 4) is 11.5 Å². The molecule has 0 radical (unpaired) electrons. The number of hydrogen-bond donors (Lipinski definition) is 1. The van der Waals surface area contributed by atoms with E-state index in [1.807, 2.05) is 6.07 Å². The first kappa shape index (κ1) is 13.7. The Morgan fingerprint density at radius 3 is 3.00 bits per heavy atom. The number of benzene rings is 1. The normalized spacial score (nSPS) is 25.9. The monoisotopic (exact) mass is 276 g/mol. The van der Waals surface area contributed by atoms with Crippen molar-refractivity contribution in [2.45, 2.75) is 45.3 Å². The average molecular weight is 276 g/mol. The van der Waals surface area contributed by atoms with Crippen molar-refractivity contribution >= 4 is 0 Å². The zero-order chi connectivity index (χ0) is 13.9. The Morgan fingerprint density at radius 2 is 2.15 bits per heavy atom.